The Labute approximate surface area is 156 Å². The number of guanidine groups is 1. The highest BCUT2D eigenvalue weighted by atomic mass is 32.2. The molecule has 0 bridgehead atoms. The van der Waals surface area contributed by atoms with E-state index in [1.807, 2.05) is 0 Å². The molecule has 0 amide bonds. The summed E-state index contributed by atoms with van der Waals surface area (Å²) in [5, 5.41) is 3.36. The molecule has 1 aromatic rings. The van der Waals surface area contributed by atoms with Crippen molar-refractivity contribution in [3.63, 3.8) is 0 Å². The van der Waals surface area contributed by atoms with Crippen molar-refractivity contribution in [2.45, 2.75) is 31.1 Å². The van der Waals surface area contributed by atoms with Crippen molar-refractivity contribution in [2.24, 2.45) is 4.99 Å². The summed E-state index contributed by atoms with van der Waals surface area (Å²) in [6.07, 6.45) is 6.29. The van der Waals surface area contributed by atoms with Crippen LogP contribution < -0.4 is 10.2 Å². The zero-order valence-electron chi connectivity index (χ0n) is 15.7. The lowest BCUT2D eigenvalue weighted by atomic mass is 9.81. The quantitative estimate of drug-likeness (QED) is 0.465. The fourth-order valence-electron chi connectivity index (χ4n) is 4.14. The van der Waals surface area contributed by atoms with Crippen LogP contribution in [0.15, 0.2) is 29.3 Å². The van der Waals surface area contributed by atoms with E-state index in [0.717, 1.165) is 12.5 Å². The third kappa shape index (κ3) is 4.20. The number of sulfone groups is 1. The lowest BCUT2D eigenvalue weighted by Crippen LogP contribution is -2.44. The summed E-state index contributed by atoms with van der Waals surface area (Å²) in [6.45, 7) is 2.26. The van der Waals surface area contributed by atoms with Crippen molar-refractivity contribution in [1.29, 1.82) is 0 Å². The Kier molecular flexibility index (Phi) is 5.87. The van der Waals surface area contributed by atoms with Gasteiger partial charge in [-0.15, -0.1) is 0 Å². The van der Waals surface area contributed by atoms with Gasteiger partial charge in [0.15, 0.2) is 5.96 Å². The molecule has 1 saturated carbocycles. The molecule has 1 spiro atoms. The van der Waals surface area contributed by atoms with E-state index in [1.54, 1.807) is 7.05 Å². The third-order valence-electron chi connectivity index (χ3n) is 5.38. The van der Waals surface area contributed by atoms with E-state index in [1.165, 1.54) is 43.2 Å². The minimum absolute atomic E-state index is 0.0593. The smallest absolute Gasteiger partial charge is 0.198 e. The van der Waals surface area contributed by atoms with Crippen LogP contribution in [-0.4, -0.2) is 59.7 Å². The number of anilines is 1. The molecule has 26 heavy (non-hydrogen) atoms. The standard InChI is InChI=1S/C19H29N3O3S/c1-20-18(21-11-12-25-13-14-26(2,23)24)22-15-19(9-5-6-10-19)16-7-3-4-8-17(16)22/h3-4,7-8H,5-6,9-15H2,1-2H3,(H,20,21). The topological polar surface area (TPSA) is 71.0 Å². The number of para-hydroxylation sites is 1. The molecule has 1 aromatic carbocycles. The average Bonchev–Trinajstić information content (AvgIpc) is 3.20. The SMILES string of the molecule is CN=C(NCCOCCS(C)(=O)=O)N1CC2(CCCC2)c2ccccc21. The molecule has 7 heteroatoms. The number of ether oxygens (including phenoxy) is 1. The van der Waals surface area contributed by atoms with Crippen molar-refractivity contribution in [2.75, 3.05) is 50.3 Å². The maximum Gasteiger partial charge on any atom is 0.198 e. The maximum atomic E-state index is 11.1. The number of hydrogen-bond donors (Lipinski definition) is 1. The first-order valence-electron chi connectivity index (χ1n) is 9.28. The van der Waals surface area contributed by atoms with E-state index in [9.17, 15) is 8.42 Å². The van der Waals surface area contributed by atoms with Crippen LogP contribution in [0.1, 0.15) is 31.2 Å². The molecular formula is C19H29N3O3S. The second kappa shape index (κ2) is 7.96. The number of rotatable bonds is 6. The summed E-state index contributed by atoms with van der Waals surface area (Å²) in [5.74, 6) is 0.914. The Balaban J connectivity index is 1.59. The van der Waals surface area contributed by atoms with Gasteiger partial charge in [0.2, 0.25) is 0 Å². The van der Waals surface area contributed by atoms with E-state index in [2.05, 4.69) is 39.5 Å². The highest BCUT2D eigenvalue weighted by molar-refractivity contribution is 7.90. The minimum atomic E-state index is -2.97. The Morgan fingerprint density at radius 2 is 2.00 bits per heavy atom. The molecule has 1 N–H and O–H groups in total. The monoisotopic (exact) mass is 379 g/mol. The third-order valence-corrected chi connectivity index (χ3v) is 6.29. The lowest BCUT2D eigenvalue weighted by Gasteiger charge is -2.26. The maximum absolute atomic E-state index is 11.1. The number of fused-ring (bicyclic) bond motifs is 2. The highest BCUT2D eigenvalue weighted by Crippen LogP contribution is 2.50. The molecule has 1 aliphatic heterocycles. The van der Waals surface area contributed by atoms with Crippen LogP contribution >= 0.6 is 0 Å². The molecule has 0 atom stereocenters. The molecule has 0 unspecified atom stereocenters. The number of nitrogens with zero attached hydrogens (tertiary/aromatic N) is 2. The molecule has 144 valence electrons. The molecule has 1 heterocycles. The Morgan fingerprint density at radius 1 is 1.27 bits per heavy atom. The second-order valence-corrected chi connectivity index (χ2v) is 9.57. The van der Waals surface area contributed by atoms with Gasteiger partial charge < -0.3 is 15.0 Å². The van der Waals surface area contributed by atoms with Gasteiger partial charge in [0.05, 0.1) is 19.0 Å². The molecular weight excluding hydrogens is 350 g/mol. The molecule has 6 nitrogen and oxygen atoms in total. The van der Waals surface area contributed by atoms with Gasteiger partial charge in [0.1, 0.15) is 9.84 Å². The van der Waals surface area contributed by atoms with E-state index < -0.39 is 9.84 Å². The minimum Gasteiger partial charge on any atom is -0.379 e. The van der Waals surface area contributed by atoms with Gasteiger partial charge in [-0.1, -0.05) is 31.0 Å². The zero-order valence-corrected chi connectivity index (χ0v) is 16.5. The number of nitrogens with one attached hydrogen (secondary N) is 1. The van der Waals surface area contributed by atoms with Gasteiger partial charge >= 0.3 is 0 Å². The summed E-state index contributed by atoms with van der Waals surface area (Å²) >= 11 is 0. The van der Waals surface area contributed by atoms with Crippen molar-refractivity contribution in [3.05, 3.63) is 29.8 Å². The largest absolute Gasteiger partial charge is 0.379 e. The number of benzene rings is 1. The van der Waals surface area contributed by atoms with Crippen LogP contribution in [0.25, 0.3) is 0 Å². The predicted molar refractivity (Wildman–Crippen MR) is 106 cm³/mol. The zero-order chi connectivity index (χ0) is 18.6. The van der Waals surface area contributed by atoms with Gasteiger partial charge in [-0.25, -0.2) is 8.42 Å². The van der Waals surface area contributed by atoms with Crippen LogP contribution in [0.3, 0.4) is 0 Å². The lowest BCUT2D eigenvalue weighted by molar-refractivity contribution is 0.154. The summed E-state index contributed by atoms with van der Waals surface area (Å²) in [4.78, 5) is 6.75. The molecule has 0 radical (unpaired) electrons. The molecule has 1 aliphatic carbocycles. The second-order valence-electron chi connectivity index (χ2n) is 7.31. The Morgan fingerprint density at radius 3 is 2.69 bits per heavy atom. The van der Waals surface area contributed by atoms with Crippen LogP contribution in [0.5, 0.6) is 0 Å². The van der Waals surface area contributed by atoms with Crippen molar-refractivity contribution in [1.82, 2.24) is 5.32 Å². The Hall–Kier alpha value is -1.60. The Bertz CT molecular complexity index is 755. The molecule has 0 aromatic heterocycles. The van der Waals surface area contributed by atoms with Crippen LogP contribution in [0, 0.1) is 0 Å². The van der Waals surface area contributed by atoms with Crippen molar-refractivity contribution < 1.29 is 13.2 Å². The van der Waals surface area contributed by atoms with Gasteiger partial charge in [0.25, 0.3) is 0 Å². The highest BCUT2D eigenvalue weighted by Gasteiger charge is 2.45. The molecule has 2 aliphatic rings. The van der Waals surface area contributed by atoms with E-state index in [0.29, 0.717) is 13.2 Å². The van der Waals surface area contributed by atoms with Crippen LogP contribution in [-0.2, 0) is 20.0 Å². The molecule has 1 fully saturated rings. The first kappa shape index (κ1) is 19.2. The summed E-state index contributed by atoms with van der Waals surface area (Å²) in [7, 11) is -1.17. The van der Waals surface area contributed by atoms with E-state index in [4.69, 9.17) is 4.74 Å². The fraction of sp³-hybridized carbons (Fsp3) is 0.632. The fourth-order valence-corrected chi connectivity index (χ4v) is 4.56. The molecule has 3 rings (SSSR count). The first-order chi connectivity index (χ1) is 12.5. The summed E-state index contributed by atoms with van der Waals surface area (Å²) in [5.41, 5.74) is 2.96. The van der Waals surface area contributed by atoms with E-state index in [-0.39, 0.29) is 17.8 Å². The van der Waals surface area contributed by atoms with Crippen LogP contribution in [0.2, 0.25) is 0 Å². The normalized spacial score (nSPS) is 19.2. The number of hydrogen-bond acceptors (Lipinski definition) is 4. The van der Waals surface area contributed by atoms with Crippen molar-refractivity contribution >= 4 is 21.5 Å². The summed E-state index contributed by atoms with van der Waals surface area (Å²) < 4.78 is 27.6. The van der Waals surface area contributed by atoms with Crippen LogP contribution in [0.4, 0.5) is 5.69 Å². The molecule has 0 saturated heterocycles. The number of aliphatic imine (C=N–C) groups is 1. The van der Waals surface area contributed by atoms with Gasteiger partial charge in [-0.05, 0) is 24.5 Å². The first-order valence-corrected chi connectivity index (χ1v) is 11.3. The predicted octanol–water partition coefficient (Wildman–Crippen LogP) is 1.96. The van der Waals surface area contributed by atoms with Gasteiger partial charge in [0, 0.05) is 37.5 Å². The van der Waals surface area contributed by atoms with Gasteiger partial charge in [-0.2, -0.15) is 0 Å². The van der Waals surface area contributed by atoms with Crippen molar-refractivity contribution in [3.8, 4) is 0 Å². The van der Waals surface area contributed by atoms with E-state index >= 15 is 0 Å². The average molecular weight is 380 g/mol. The summed E-state index contributed by atoms with van der Waals surface area (Å²) in [6, 6.07) is 8.66. The van der Waals surface area contributed by atoms with Gasteiger partial charge in [-0.3, -0.25) is 4.99 Å².